The molecule has 176 valence electrons. The number of halogens is 1. The molecular formula is C28H25FN4O2. The first kappa shape index (κ1) is 21.4. The molecule has 6 nitrogen and oxygen atoms in total. The number of nitrogens with zero attached hydrogens (tertiary/aromatic N) is 3. The van der Waals surface area contributed by atoms with Gasteiger partial charge in [0.05, 0.1) is 17.6 Å². The van der Waals surface area contributed by atoms with Crippen LogP contribution < -0.4 is 4.74 Å². The zero-order valence-corrected chi connectivity index (χ0v) is 19.6. The lowest BCUT2D eigenvalue weighted by Crippen LogP contribution is -2.33. The van der Waals surface area contributed by atoms with Crippen molar-refractivity contribution in [3.8, 4) is 16.9 Å². The second-order valence-corrected chi connectivity index (χ2v) is 8.93. The van der Waals surface area contributed by atoms with E-state index in [1.807, 2.05) is 41.5 Å². The Kier molecular flexibility index (Phi) is 5.06. The first-order chi connectivity index (χ1) is 17.0. The average Bonchev–Trinajstić information content (AvgIpc) is 3.33. The van der Waals surface area contributed by atoms with E-state index in [4.69, 9.17) is 4.74 Å². The number of amides is 1. The summed E-state index contributed by atoms with van der Waals surface area (Å²) in [6.07, 6.45) is 0. The highest BCUT2D eigenvalue weighted by molar-refractivity contribution is 5.99. The molecule has 0 bridgehead atoms. The summed E-state index contributed by atoms with van der Waals surface area (Å²) < 4.78 is 21.7. The van der Waals surface area contributed by atoms with E-state index >= 15 is 0 Å². The van der Waals surface area contributed by atoms with Crippen LogP contribution in [0.25, 0.3) is 33.1 Å². The van der Waals surface area contributed by atoms with Gasteiger partial charge in [-0.25, -0.2) is 9.37 Å². The van der Waals surface area contributed by atoms with Gasteiger partial charge < -0.3 is 19.2 Å². The van der Waals surface area contributed by atoms with Gasteiger partial charge in [0.25, 0.3) is 5.91 Å². The van der Waals surface area contributed by atoms with Gasteiger partial charge in [-0.2, -0.15) is 0 Å². The van der Waals surface area contributed by atoms with E-state index in [0.717, 1.165) is 50.2 Å². The van der Waals surface area contributed by atoms with Crippen molar-refractivity contribution in [2.24, 2.45) is 0 Å². The fourth-order valence-corrected chi connectivity index (χ4v) is 4.99. The number of H-pyrrole nitrogens is 1. The molecule has 7 heteroatoms. The summed E-state index contributed by atoms with van der Waals surface area (Å²) >= 11 is 0. The lowest BCUT2D eigenvalue weighted by Gasteiger charge is -2.21. The van der Waals surface area contributed by atoms with Crippen LogP contribution in [-0.4, -0.2) is 38.5 Å². The molecule has 1 amide bonds. The van der Waals surface area contributed by atoms with Crippen LogP contribution in [0.15, 0.2) is 60.7 Å². The molecule has 1 aliphatic rings. The lowest BCUT2D eigenvalue weighted by atomic mass is 10.0. The summed E-state index contributed by atoms with van der Waals surface area (Å²) in [4.78, 5) is 23.2. The SMILES string of the molecule is CCn1c(C(=O)N2CCOc3ccc(-c4ccc5nc(C)[nH]c5c4)cc3C2)cc2cc(F)ccc21. The van der Waals surface area contributed by atoms with E-state index in [0.29, 0.717) is 31.9 Å². The van der Waals surface area contributed by atoms with E-state index in [1.165, 1.54) is 12.1 Å². The first-order valence-electron chi connectivity index (χ1n) is 11.8. The Labute approximate surface area is 202 Å². The van der Waals surface area contributed by atoms with Crippen LogP contribution in [0.5, 0.6) is 5.75 Å². The number of hydrogen-bond donors (Lipinski definition) is 1. The summed E-state index contributed by atoms with van der Waals surface area (Å²) in [7, 11) is 0. The molecule has 0 radical (unpaired) electrons. The Morgan fingerprint density at radius 3 is 2.77 bits per heavy atom. The van der Waals surface area contributed by atoms with Crippen LogP contribution in [-0.2, 0) is 13.1 Å². The van der Waals surface area contributed by atoms with E-state index in [9.17, 15) is 9.18 Å². The number of aryl methyl sites for hydroxylation is 2. The number of hydrogen-bond acceptors (Lipinski definition) is 3. The molecule has 0 spiro atoms. The molecule has 0 atom stereocenters. The zero-order chi connectivity index (χ0) is 24.1. The van der Waals surface area contributed by atoms with E-state index in [-0.39, 0.29) is 11.7 Å². The highest BCUT2D eigenvalue weighted by Gasteiger charge is 2.25. The van der Waals surface area contributed by atoms with Gasteiger partial charge in [-0.3, -0.25) is 4.79 Å². The molecule has 1 N–H and O–H groups in total. The molecule has 0 saturated carbocycles. The van der Waals surface area contributed by atoms with Gasteiger partial charge in [0.1, 0.15) is 29.7 Å². The molecule has 35 heavy (non-hydrogen) atoms. The minimum atomic E-state index is -0.308. The standard InChI is InChI=1S/C28H25FN4O2/c1-3-33-25-8-6-22(29)13-20(25)15-26(33)28(34)32-10-11-35-27-9-5-18(12-21(27)16-32)19-4-7-23-24(14-19)31-17(2)30-23/h4-9,12-15H,3,10-11,16H2,1-2H3,(H,30,31). The van der Waals surface area contributed by atoms with Crippen LogP contribution in [0.3, 0.4) is 0 Å². The third-order valence-electron chi connectivity index (χ3n) is 6.66. The van der Waals surface area contributed by atoms with Gasteiger partial charge in [-0.15, -0.1) is 0 Å². The maximum atomic E-state index is 13.8. The van der Waals surface area contributed by atoms with Crippen molar-refractivity contribution < 1.29 is 13.9 Å². The van der Waals surface area contributed by atoms with Crippen molar-refractivity contribution in [3.63, 3.8) is 0 Å². The van der Waals surface area contributed by atoms with Crippen LogP contribution in [0, 0.1) is 12.7 Å². The summed E-state index contributed by atoms with van der Waals surface area (Å²) in [5.41, 5.74) is 6.43. The van der Waals surface area contributed by atoms with Crippen molar-refractivity contribution in [2.75, 3.05) is 13.2 Å². The predicted octanol–water partition coefficient (Wildman–Crippen LogP) is 5.69. The number of carbonyl (C=O) groups is 1. The number of aromatic nitrogens is 3. The Hall–Kier alpha value is -4.13. The maximum Gasteiger partial charge on any atom is 0.270 e. The fourth-order valence-electron chi connectivity index (χ4n) is 4.99. The second kappa shape index (κ2) is 8.27. The summed E-state index contributed by atoms with van der Waals surface area (Å²) in [6, 6.07) is 18.7. The van der Waals surface area contributed by atoms with Gasteiger partial charge in [0.15, 0.2) is 0 Å². The number of imidazole rings is 1. The number of benzene rings is 3. The van der Waals surface area contributed by atoms with Gasteiger partial charge >= 0.3 is 0 Å². The number of nitrogens with one attached hydrogen (secondary N) is 1. The first-order valence-corrected chi connectivity index (χ1v) is 11.8. The van der Waals surface area contributed by atoms with Crippen molar-refractivity contribution in [1.82, 2.24) is 19.4 Å². The van der Waals surface area contributed by atoms with Gasteiger partial charge in [-0.1, -0.05) is 12.1 Å². The van der Waals surface area contributed by atoms with Crippen LogP contribution in [0.1, 0.15) is 28.8 Å². The summed E-state index contributed by atoms with van der Waals surface area (Å²) in [5.74, 6) is 1.28. The Morgan fingerprint density at radius 1 is 1.09 bits per heavy atom. The van der Waals surface area contributed by atoms with Gasteiger partial charge in [0.2, 0.25) is 0 Å². The molecular weight excluding hydrogens is 443 g/mol. The number of aromatic amines is 1. The molecule has 3 heterocycles. The molecule has 0 fully saturated rings. The monoisotopic (exact) mass is 468 g/mol. The summed E-state index contributed by atoms with van der Waals surface area (Å²) in [5, 5.41) is 0.730. The molecule has 0 aliphatic carbocycles. The minimum Gasteiger partial charge on any atom is -0.491 e. The molecule has 3 aromatic carbocycles. The van der Waals surface area contributed by atoms with Gasteiger partial charge in [0, 0.05) is 29.6 Å². The van der Waals surface area contributed by atoms with Crippen LogP contribution >= 0.6 is 0 Å². The zero-order valence-electron chi connectivity index (χ0n) is 19.6. The molecule has 1 aliphatic heterocycles. The number of ether oxygens (including phenoxy) is 1. The lowest BCUT2D eigenvalue weighted by molar-refractivity contribution is 0.0723. The fraction of sp³-hybridized carbons (Fsp3) is 0.214. The third kappa shape index (κ3) is 3.73. The van der Waals surface area contributed by atoms with Crippen LogP contribution in [0.4, 0.5) is 4.39 Å². The van der Waals surface area contributed by atoms with E-state index in [2.05, 4.69) is 28.2 Å². The van der Waals surface area contributed by atoms with Gasteiger partial charge in [-0.05, 0) is 73.5 Å². The number of fused-ring (bicyclic) bond motifs is 3. The Balaban J connectivity index is 1.34. The largest absolute Gasteiger partial charge is 0.491 e. The van der Waals surface area contributed by atoms with Crippen LogP contribution in [0.2, 0.25) is 0 Å². The van der Waals surface area contributed by atoms with Crippen molar-refractivity contribution >= 4 is 27.8 Å². The quantitative estimate of drug-likeness (QED) is 0.370. The predicted molar refractivity (Wildman–Crippen MR) is 134 cm³/mol. The summed E-state index contributed by atoms with van der Waals surface area (Å²) in [6.45, 7) is 5.88. The van der Waals surface area contributed by atoms with E-state index in [1.54, 1.807) is 12.1 Å². The Morgan fingerprint density at radius 2 is 1.91 bits per heavy atom. The third-order valence-corrected chi connectivity index (χ3v) is 6.66. The molecule has 5 aromatic rings. The highest BCUT2D eigenvalue weighted by atomic mass is 19.1. The number of carbonyl (C=O) groups excluding carboxylic acids is 1. The topological polar surface area (TPSA) is 63.1 Å². The van der Waals surface area contributed by atoms with Crippen molar-refractivity contribution in [2.45, 2.75) is 26.9 Å². The van der Waals surface area contributed by atoms with Crippen molar-refractivity contribution in [3.05, 3.63) is 83.6 Å². The maximum absolute atomic E-state index is 13.8. The molecule has 6 rings (SSSR count). The highest BCUT2D eigenvalue weighted by Crippen LogP contribution is 2.31. The average molecular weight is 469 g/mol. The molecule has 0 saturated heterocycles. The van der Waals surface area contributed by atoms with E-state index < -0.39 is 0 Å². The Bertz CT molecular complexity index is 1600. The number of rotatable bonds is 3. The smallest absolute Gasteiger partial charge is 0.270 e. The van der Waals surface area contributed by atoms with Crippen molar-refractivity contribution in [1.29, 1.82) is 0 Å². The molecule has 2 aromatic heterocycles. The second-order valence-electron chi connectivity index (χ2n) is 8.93. The minimum absolute atomic E-state index is 0.0836. The molecule has 0 unspecified atom stereocenters. The normalized spacial score (nSPS) is 13.6.